The van der Waals surface area contributed by atoms with Gasteiger partial charge in [0.05, 0.1) is 16.8 Å². The molecule has 0 fully saturated rings. The monoisotopic (exact) mass is 531 g/mol. The Morgan fingerprint density at radius 1 is 0.425 bits per heavy atom. The Labute approximate surface area is 234 Å². The molecule has 2 heterocycles. The van der Waals surface area contributed by atoms with Crippen molar-refractivity contribution in [3.05, 3.63) is 180 Å². The number of para-hydroxylation sites is 3. The molecule has 0 radical (unpaired) electrons. The molecule has 2 nitrogen and oxygen atoms in total. The van der Waals surface area contributed by atoms with E-state index in [-0.39, 0.29) is 0 Å². The van der Waals surface area contributed by atoms with E-state index < -0.39 is 12.6 Å². The summed E-state index contributed by atoms with van der Waals surface area (Å²) in [5.41, 5.74) is 7.32. The zero-order chi connectivity index (χ0) is 26.7. The molecule has 0 aliphatic carbocycles. The molecular weight excluding hydrogens is 505 g/mol. The van der Waals surface area contributed by atoms with Gasteiger partial charge < -0.3 is 9.46 Å². The number of fused-ring (bicyclic) bond motifs is 8. The minimum atomic E-state index is -3.15. The van der Waals surface area contributed by atoms with Crippen LogP contribution in [-0.4, -0.2) is 0 Å². The molecule has 0 bridgehead atoms. The normalized spacial score (nSPS) is 15.4. The fourth-order valence-electron chi connectivity index (χ4n) is 7.00. The van der Waals surface area contributed by atoms with Crippen LogP contribution in [0.1, 0.15) is 22.3 Å². The van der Waals surface area contributed by atoms with Crippen molar-refractivity contribution in [2.75, 3.05) is 4.90 Å². The Kier molecular flexibility index (Phi) is 5.05. The Bertz CT molecular complexity index is 1850. The van der Waals surface area contributed by atoms with Crippen molar-refractivity contribution < 1.29 is 4.57 Å². The molecule has 0 aromatic heterocycles. The molecule has 2 aliphatic heterocycles. The summed E-state index contributed by atoms with van der Waals surface area (Å²) in [5.74, 6) is 0. The Hall–Kier alpha value is -4.65. The van der Waals surface area contributed by atoms with Crippen molar-refractivity contribution in [3.8, 4) is 0 Å². The Morgan fingerprint density at radius 3 is 1.35 bits per heavy atom. The number of benzene rings is 6. The lowest BCUT2D eigenvalue weighted by molar-refractivity contribution is 0.590. The van der Waals surface area contributed by atoms with Gasteiger partial charge in [-0.15, -0.1) is 0 Å². The van der Waals surface area contributed by atoms with E-state index in [0.717, 1.165) is 44.1 Å². The standard InChI is InChI=1S/C37H26NOP/c39-40(28-17-5-2-6-18-28)35-25-13-9-21-31(35)37(32-22-10-14-26-36(32)40)29-19-7-11-23-33(29)38(27-15-3-1-4-16-27)34-24-12-8-20-30(34)37/h1-26H. The van der Waals surface area contributed by atoms with E-state index in [9.17, 15) is 0 Å². The third kappa shape index (κ3) is 2.92. The molecule has 6 aromatic carbocycles. The molecule has 40 heavy (non-hydrogen) atoms. The van der Waals surface area contributed by atoms with Crippen LogP contribution in [0.5, 0.6) is 0 Å². The number of rotatable bonds is 2. The van der Waals surface area contributed by atoms with Crippen molar-refractivity contribution in [1.29, 1.82) is 0 Å². The van der Waals surface area contributed by atoms with Gasteiger partial charge in [-0.25, -0.2) is 0 Å². The molecule has 3 heteroatoms. The van der Waals surface area contributed by atoms with Crippen LogP contribution in [0, 0.1) is 0 Å². The summed E-state index contributed by atoms with van der Waals surface area (Å²) < 4.78 is 15.6. The van der Waals surface area contributed by atoms with Crippen LogP contribution in [0.3, 0.4) is 0 Å². The summed E-state index contributed by atoms with van der Waals surface area (Å²) in [6.07, 6.45) is 0. The fourth-order valence-corrected chi connectivity index (χ4v) is 10.2. The molecule has 0 saturated heterocycles. The molecule has 190 valence electrons. The highest BCUT2D eigenvalue weighted by Crippen LogP contribution is 2.62. The van der Waals surface area contributed by atoms with Crippen LogP contribution in [0.2, 0.25) is 0 Å². The van der Waals surface area contributed by atoms with Gasteiger partial charge in [-0.1, -0.05) is 133 Å². The summed E-state index contributed by atoms with van der Waals surface area (Å²) in [6, 6.07) is 54.9. The molecule has 0 N–H and O–H groups in total. The maximum Gasteiger partial charge on any atom is 0.171 e. The fraction of sp³-hybridized carbons (Fsp3) is 0.0270. The molecule has 0 unspecified atom stereocenters. The third-order valence-electron chi connectivity index (χ3n) is 8.53. The van der Waals surface area contributed by atoms with Crippen LogP contribution in [-0.2, 0) is 9.98 Å². The van der Waals surface area contributed by atoms with Crippen molar-refractivity contribution in [3.63, 3.8) is 0 Å². The van der Waals surface area contributed by atoms with Crippen LogP contribution in [0.25, 0.3) is 0 Å². The zero-order valence-corrected chi connectivity index (χ0v) is 22.7. The number of hydrogen-bond donors (Lipinski definition) is 0. The second-order valence-corrected chi connectivity index (χ2v) is 13.1. The highest BCUT2D eigenvalue weighted by molar-refractivity contribution is 7.85. The highest BCUT2D eigenvalue weighted by atomic mass is 31.2. The van der Waals surface area contributed by atoms with E-state index in [4.69, 9.17) is 0 Å². The average molecular weight is 532 g/mol. The van der Waals surface area contributed by atoms with Crippen molar-refractivity contribution >= 4 is 40.1 Å². The van der Waals surface area contributed by atoms with Crippen LogP contribution in [0.4, 0.5) is 17.1 Å². The molecule has 6 aromatic rings. The summed E-state index contributed by atoms with van der Waals surface area (Å²) >= 11 is 0. The lowest BCUT2D eigenvalue weighted by atomic mass is 9.62. The number of hydrogen-bond acceptors (Lipinski definition) is 2. The first-order valence-corrected chi connectivity index (χ1v) is 15.4. The van der Waals surface area contributed by atoms with Crippen molar-refractivity contribution in [1.82, 2.24) is 0 Å². The maximum absolute atomic E-state index is 15.6. The first-order valence-electron chi connectivity index (χ1n) is 13.7. The Balaban J connectivity index is 1.56. The summed E-state index contributed by atoms with van der Waals surface area (Å²) in [5, 5.41) is 2.70. The summed E-state index contributed by atoms with van der Waals surface area (Å²) in [6.45, 7) is 0. The van der Waals surface area contributed by atoms with Gasteiger partial charge in [-0.3, -0.25) is 0 Å². The molecule has 8 rings (SSSR count). The second-order valence-electron chi connectivity index (χ2n) is 10.4. The quantitative estimate of drug-likeness (QED) is 0.212. The smallest absolute Gasteiger partial charge is 0.171 e. The van der Waals surface area contributed by atoms with E-state index >= 15 is 4.57 Å². The molecule has 0 amide bonds. The van der Waals surface area contributed by atoms with E-state index in [1.54, 1.807) is 0 Å². The van der Waals surface area contributed by atoms with Gasteiger partial charge in [-0.05, 0) is 46.5 Å². The van der Waals surface area contributed by atoms with Gasteiger partial charge in [-0.2, -0.15) is 0 Å². The molecule has 0 atom stereocenters. The van der Waals surface area contributed by atoms with E-state index in [0.29, 0.717) is 0 Å². The van der Waals surface area contributed by atoms with Crippen LogP contribution >= 0.6 is 7.14 Å². The predicted octanol–water partition coefficient (Wildman–Crippen LogP) is 7.81. The van der Waals surface area contributed by atoms with Crippen molar-refractivity contribution in [2.24, 2.45) is 0 Å². The van der Waals surface area contributed by atoms with Gasteiger partial charge in [0.25, 0.3) is 0 Å². The molecule has 2 aliphatic rings. The zero-order valence-electron chi connectivity index (χ0n) is 21.8. The largest absolute Gasteiger partial charge is 0.310 e. The van der Waals surface area contributed by atoms with E-state index in [2.05, 4.69) is 120 Å². The van der Waals surface area contributed by atoms with Gasteiger partial charge >= 0.3 is 0 Å². The molecule has 0 saturated carbocycles. The lowest BCUT2D eigenvalue weighted by Gasteiger charge is -2.50. The molecular formula is C37H26NOP. The van der Waals surface area contributed by atoms with Gasteiger partial charge in [0, 0.05) is 21.6 Å². The van der Waals surface area contributed by atoms with Gasteiger partial charge in [0.1, 0.15) is 0 Å². The summed E-state index contributed by atoms with van der Waals surface area (Å²) in [7, 11) is -3.15. The van der Waals surface area contributed by atoms with Crippen LogP contribution in [0.15, 0.2) is 158 Å². The molecule has 1 spiro atoms. The predicted molar refractivity (Wildman–Crippen MR) is 166 cm³/mol. The lowest BCUT2D eigenvalue weighted by Crippen LogP contribution is -2.49. The minimum absolute atomic E-state index is 0.631. The highest BCUT2D eigenvalue weighted by Gasteiger charge is 2.54. The van der Waals surface area contributed by atoms with E-state index in [1.807, 2.05) is 42.5 Å². The van der Waals surface area contributed by atoms with E-state index in [1.165, 1.54) is 11.1 Å². The maximum atomic E-state index is 15.6. The SMILES string of the molecule is O=P1(c2ccccc2)c2ccccc2C2(c3ccccc3N(c3ccccc3)c3ccccc32)c2ccccc21. The van der Waals surface area contributed by atoms with Gasteiger partial charge in [0.2, 0.25) is 0 Å². The average Bonchev–Trinajstić information content (AvgIpc) is 3.04. The third-order valence-corrected chi connectivity index (χ3v) is 11.7. The van der Waals surface area contributed by atoms with Crippen LogP contribution < -0.4 is 20.8 Å². The second kappa shape index (κ2) is 8.68. The number of nitrogens with zero attached hydrogens (tertiary/aromatic N) is 1. The first kappa shape index (κ1) is 23.3. The number of anilines is 3. The summed E-state index contributed by atoms with van der Waals surface area (Å²) in [4.78, 5) is 2.37. The first-order chi connectivity index (χ1) is 19.8. The van der Waals surface area contributed by atoms with Gasteiger partial charge in [0.15, 0.2) is 7.14 Å². The Morgan fingerprint density at radius 2 is 0.825 bits per heavy atom. The van der Waals surface area contributed by atoms with Crippen molar-refractivity contribution in [2.45, 2.75) is 5.41 Å². The minimum Gasteiger partial charge on any atom is -0.310 e. The topological polar surface area (TPSA) is 20.3 Å².